The molecule has 0 radical (unpaired) electrons. The van der Waals surface area contributed by atoms with Gasteiger partial charge in [-0.1, -0.05) is 31.5 Å². The molecule has 1 amide bonds. The Morgan fingerprint density at radius 3 is 3.14 bits per heavy atom. The van der Waals surface area contributed by atoms with Crippen molar-refractivity contribution in [2.45, 2.75) is 25.3 Å². The first-order valence-corrected chi connectivity index (χ1v) is 8.49. The van der Waals surface area contributed by atoms with Gasteiger partial charge in [0.05, 0.1) is 5.75 Å². The van der Waals surface area contributed by atoms with Gasteiger partial charge in [0.2, 0.25) is 5.91 Å². The molecule has 1 atom stereocenters. The van der Waals surface area contributed by atoms with Crippen molar-refractivity contribution in [3.63, 3.8) is 0 Å². The smallest absolute Gasteiger partial charge is 0.230 e. The lowest BCUT2D eigenvalue weighted by Crippen LogP contribution is -2.28. The van der Waals surface area contributed by atoms with Crippen LogP contribution in [0.2, 0.25) is 0 Å². The van der Waals surface area contributed by atoms with Gasteiger partial charge in [-0.05, 0) is 12.5 Å². The zero-order chi connectivity index (χ0) is 15.4. The van der Waals surface area contributed by atoms with Crippen LogP contribution in [0.15, 0.2) is 34.5 Å². The van der Waals surface area contributed by atoms with Crippen LogP contribution in [-0.2, 0) is 4.79 Å². The number of aromatic nitrogens is 1. The highest BCUT2D eigenvalue weighted by molar-refractivity contribution is 8.00. The third-order valence-corrected chi connectivity index (χ3v) is 4.39. The molecule has 22 heavy (non-hydrogen) atoms. The van der Waals surface area contributed by atoms with E-state index >= 15 is 0 Å². The van der Waals surface area contributed by atoms with Crippen LogP contribution in [0, 0.1) is 0 Å². The number of benzene rings is 1. The number of para-hydroxylation sites is 1. The Bertz CT molecular complexity index is 696. The Labute approximate surface area is 133 Å². The zero-order valence-electron chi connectivity index (χ0n) is 12.4. The van der Waals surface area contributed by atoms with Crippen molar-refractivity contribution in [3.05, 3.63) is 24.3 Å². The number of anilines is 1. The van der Waals surface area contributed by atoms with Gasteiger partial charge in [-0.3, -0.25) is 4.79 Å². The maximum absolute atomic E-state index is 11.7. The summed E-state index contributed by atoms with van der Waals surface area (Å²) in [5, 5.41) is 15.8. The van der Waals surface area contributed by atoms with Crippen LogP contribution in [0.4, 0.5) is 11.5 Å². The van der Waals surface area contributed by atoms with Crippen LogP contribution in [0.1, 0.15) is 19.8 Å². The Balaban J connectivity index is 1.57. The first kappa shape index (κ1) is 14.9. The minimum Gasteiger partial charge on any atom is -0.355 e. The lowest BCUT2D eigenvalue weighted by Gasteiger charge is -2.17. The number of hydrogen-bond acceptors (Lipinski definition) is 5. The maximum Gasteiger partial charge on any atom is 0.230 e. The van der Waals surface area contributed by atoms with Crippen LogP contribution in [0.3, 0.4) is 0 Å². The molecule has 0 spiro atoms. The number of azo groups is 1. The molecule has 116 valence electrons. The lowest BCUT2D eigenvalue weighted by atomic mass is 10.2. The van der Waals surface area contributed by atoms with E-state index < -0.39 is 0 Å². The van der Waals surface area contributed by atoms with E-state index in [4.69, 9.17) is 0 Å². The quantitative estimate of drug-likeness (QED) is 0.712. The molecular weight excluding hydrogens is 298 g/mol. The van der Waals surface area contributed by atoms with Crippen LogP contribution in [0.5, 0.6) is 0 Å². The predicted octanol–water partition coefficient (Wildman–Crippen LogP) is 3.61. The minimum absolute atomic E-state index is 0.0397. The van der Waals surface area contributed by atoms with E-state index in [1.54, 1.807) is 0 Å². The molecule has 1 aromatic heterocycles. The SMILES string of the molecule is CCCCNC(=O)CS[C@@H]1N=Nc2c([nH]c3ccccc23)N1. The third-order valence-electron chi connectivity index (χ3n) is 3.43. The largest absolute Gasteiger partial charge is 0.355 e. The predicted molar refractivity (Wildman–Crippen MR) is 90.6 cm³/mol. The number of nitrogens with one attached hydrogen (secondary N) is 3. The number of unbranched alkanes of at least 4 members (excludes halogenated alkanes) is 1. The number of thioether (sulfide) groups is 1. The van der Waals surface area contributed by atoms with Gasteiger partial charge >= 0.3 is 0 Å². The van der Waals surface area contributed by atoms with Crippen LogP contribution < -0.4 is 10.6 Å². The molecule has 2 aromatic rings. The highest BCUT2D eigenvalue weighted by Crippen LogP contribution is 2.38. The van der Waals surface area contributed by atoms with E-state index in [1.807, 2.05) is 24.3 Å². The molecule has 6 nitrogen and oxygen atoms in total. The summed E-state index contributed by atoms with van der Waals surface area (Å²) in [6.07, 6.45) is 2.09. The summed E-state index contributed by atoms with van der Waals surface area (Å²) in [5.74, 6) is 1.27. The van der Waals surface area contributed by atoms with Crippen molar-refractivity contribution in [1.82, 2.24) is 10.3 Å². The Kier molecular flexibility index (Phi) is 4.62. The molecule has 7 heteroatoms. The van der Waals surface area contributed by atoms with Crippen LogP contribution in [0.25, 0.3) is 10.9 Å². The third kappa shape index (κ3) is 3.24. The Hall–Kier alpha value is -2.02. The molecule has 0 saturated heterocycles. The van der Waals surface area contributed by atoms with Gasteiger partial charge in [-0.15, -0.1) is 16.9 Å². The first-order chi connectivity index (χ1) is 10.8. The van der Waals surface area contributed by atoms with Crippen molar-refractivity contribution in [3.8, 4) is 0 Å². The van der Waals surface area contributed by atoms with Gasteiger partial charge in [0.15, 0.2) is 5.50 Å². The van der Waals surface area contributed by atoms with Crippen LogP contribution >= 0.6 is 11.8 Å². The molecule has 0 aliphatic carbocycles. The van der Waals surface area contributed by atoms with E-state index in [1.165, 1.54) is 11.8 Å². The average molecular weight is 317 g/mol. The average Bonchev–Trinajstić information content (AvgIpc) is 2.91. The van der Waals surface area contributed by atoms with Gasteiger partial charge in [0, 0.05) is 17.4 Å². The normalized spacial score (nSPS) is 16.3. The molecular formula is C15H19N5OS. The molecule has 3 N–H and O–H groups in total. The highest BCUT2D eigenvalue weighted by atomic mass is 32.2. The monoisotopic (exact) mass is 317 g/mol. The van der Waals surface area contributed by atoms with E-state index in [9.17, 15) is 4.79 Å². The van der Waals surface area contributed by atoms with Crippen molar-refractivity contribution >= 4 is 40.1 Å². The van der Waals surface area contributed by atoms with E-state index in [0.717, 1.165) is 41.8 Å². The second-order valence-corrected chi connectivity index (χ2v) is 6.19. The fourth-order valence-corrected chi connectivity index (χ4v) is 3.01. The number of H-pyrrole nitrogens is 1. The van der Waals surface area contributed by atoms with E-state index in [0.29, 0.717) is 5.75 Å². The zero-order valence-corrected chi connectivity index (χ0v) is 13.2. The number of nitrogens with zero attached hydrogens (tertiary/aromatic N) is 2. The number of carbonyl (C=O) groups is 1. The summed E-state index contributed by atoms with van der Waals surface area (Å²) >= 11 is 1.43. The second-order valence-electron chi connectivity index (χ2n) is 5.12. The minimum atomic E-state index is -0.238. The summed E-state index contributed by atoms with van der Waals surface area (Å²) in [6.45, 7) is 2.84. The number of amides is 1. The molecule has 1 aromatic carbocycles. The Morgan fingerprint density at radius 1 is 1.41 bits per heavy atom. The second kappa shape index (κ2) is 6.83. The Morgan fingerprint density at radius 2 is 2.27 bits per heavy atom. The molecule has 3 rings (SSSR count). The number of hydrogen-bond donors (Lipinski definition) is 3. The first-order valence-electron chi connectivity index (χ1n) is 7.44. The summed E-state index contributed by atoms with van der Waals surface area (Å²) in [6, 6.07) is 7.98. The summed E-state index contributed by atoms with van der Waals surface area (Å²) in [4.78, 5) is 15.0. The van der Waals surface area contributed by atoms with Crippen molar-refractivity contribution in [1.29, 1.82) is 0 Å². The summed E-state index contributed by atoms with van der Waals surface area (Å²) < 4.78 is 0. The van der Waals surface area contributed by atoms with Gasteiger partial charge in [-0.2, -0.15) is 5.11 Å². The van der Waals surface area contributed by atoms with E-state index in [2.05, 4.69) is 32.8 Å². The molecule has 1 aliphatic heterocycles. The standard InChI is InChI=1S/C15H19N5OS/c1-2-3-8-16-12(21)9-22-15-18-14-13(19-20-15)10-6-4-5-7-11(10)17-14/h4-7,15,17-18H,2-3,8-9H2,1H3,(H,16,21)/t15-/m0/s1. The van der Waals surface area contributed by atoms with Crippen molar-refractivity contribution in [2.75, 3.05) is 17.6 Å². The molecule has 0 fully saturated rings. The van der Waals surface area contributed by atoms with Gasteiger partial charge in [0.1, 0.15) is 11.5 Å². The fraction of sp³-hybridized carbons (Fsp3) is 0.400. The van der Waals surface area contributed by atoms with Crippen molar-refractivity contribution in [2.24, 2.45) is 10.2 Å². The number of aromatic amines is 1. The van der Waals surface area contributed by atoms with Crippen molar-refractivity contribution < 1.29 is 4.79 Å². The molecule has 2 heterocycles. The molecule has 0 saturated carbocycles. The fourth-order valence-electron chi connectivity index (χ4n) is 2.28. The summed E-state index contributed by atoms with van der Waals surface area (Å²) in [5.41, 5.74) is 1.62. The van der Waals surface area contributed by atoms with Gasteiger partial charge < -0.3 is 15.6 Å². The van der Waals surface area contributed by atoms with Gasteiger partial charge in [0.25, 0.3) is 0 Å². The summed E-state index contributed by atoms with van der Waals surface area (Å²) in [7, 11) is 0. The molecule has 0 unspecified atom stereocenters. The lowest BCUT2D eigenvalue weighted by molar-refractivity contribution is -0.118. The van der Waals surface area contributed by atoms with Crippen LogP contribution in [-0.4, -0.2) is 28.7 Å². The maximum atomic E-state index is 11.7. The number of fused-ring (bicyclic) bond motifs is 3. The van der Waals surface area contributed by atoms with E-state index in [-0.39, 0.29) is 11.4 Å². The topological polar surface area (TPSA) is 81.6 Å². The molecule has 1 aliphatic rings. The molecule has 0 bridgehead atoms. The number of carbonyl (C=O) groups excluding carboxylic acids is 1. The number of rotatable bonds is 6. The highest BCUT2D eigenvalue weighted by Gasteiger charge is 2.20. The van der Waals surface area contributed by atoms with Gasteiger partial charge in [-0.25, -0.2) is 0 Å².